The van der Waals surface area contributed by atoms with E-state index < -0.39 is 17.7 Å². The molecule has 1 heterocycles. The molecule has 1 atom stereocenters. The molecule has 23 heavy (non-hydrogen) atoms. The van der Waals surface area contributed by atoms with Crippen molar-refractivity contribution in [1.82, 2.24) is 0 Å². The number of halogens is 2. The van der Waals surface area contributed by atoms with Crippen LogP contribution in [0.2, 0.25) is 0 Å². The number of nitrogens with one attached hydrogen (secondary N) is 1. The molecule has 0 spiro atoms. The number of benzene rings is 2. The van der Waals surface area contributed by atoms with E-state index in [0.29, 0.717) is 17.9 Å². The molecule has 120 valence electrons. The molecule has 5 heteroatoms. The molecular formula is C18H18F2N2O. The lowest BCUT2D eigenvalue weighted by atomic mass is 10.1. The quantitative estimate of drug-likeness (QED) is 0.932. The summed E-state index contributed by atoms with van der Waals surface area (Å²) in [4.78, 5) is 13.9. The fourth-order valence-corrected chi connectivity index (χ4v) is 2.84. The van der Waals surface area contributed by atoms with Gasteiger partial charge in [0.15, 0.2) is 11.6 Å². The Morgan fingerprint density at radius 2 is 1.83 bits per heavy atom. The minimum Gasteiger partial charge on any atom is -0.372 e. The van der Waals surface area contributed by atoms with Gasteiger partial charge >= 0.3 is 0 Å². The van der Waals surface area contributed by atoms with E-state index in [1.54, 1.807) is 11.8 Å². The molecule has 1 unspecified atom stereocenters. The minimum absolute atomic E-state index is 0.128. The van der Waals surface area contributed by atoms with E-state index in [0.717, 1.165) is 25.0 Å². The summed E-state index contributed by atoms with van der Waals surface area (Å²) < 4.78 is 27.0. The third-order valence-corrected chi connectivity index (χ3v) is 4.03. The predicted molar refractivity (Wildman–Crippen MR) is 86.6 cm³/mol. The van der Waals surface area contributed by atoms with Crippen LogP contribution >= 0.6 is 0 Å². The highest BCUT2D eigenvalue weighted by Crippen LogP contribution is 2.33. The van der Waals surface area contributed by atoms with E-state index in [1.165, 1.54) is 5.56 Å². The average molecular weight is 316 g/mol. The lowest BCUT2D eigenvalue weighted by molar-refractivity contribution is -0.119. The summed E-state index contributed by atoms with van der Waals surface area (Å²) in [5, 5.41) is 2.92. The summed E-state index contributed by atoms with van der Waals surface area (Å²) in [6.07, 6.45) is 1.58. The first kappa shape index (κ1) is 15.5. The van der Waals surface area contributed by atoms with Crippen molar-refractivity contribution in [3.8, 4) is 0 Å². The van der Waals surface area contributed by atoms with Gasteiger partial charge < -0.3 is 10.2 Å². The highest BCUT2D eigenvalue weighted by molar-refractivity contribution is 6.04. The summed E-state index contributed by atoms with van der Waals surface area (Å²) >= 11 is 0. The van der Waals surface area contributed by atoms with Gasteiger partial charge in [0, 0.05) is 18.7 Å². The Balaban J connectivity index is 1.78. The largest absolute Gasteiger partial charge is 0.372 e. The van der Waals surface area contributed by atoms with Crippen LogP contribution in [0.25, 0.3) is 0 Å². The van der Waals surface area contributed by atoms with E-state index in [9.17, 15) is 13.6 Å². The van der Waals surface area contributed by atoms with E-state index in [-0.39, 0.29) is 5.91 Å². The maximum atomic E-state index is 13.6. The van der Waals surface area contributed by atoms with Crippen LogP contribution in [0.5, 0.6) is 0 Å². The van der Waals surface area contributed by atoms with Gasteiger partial charge in [-0.1, -0.05) is 30.3 Å². The summed E-state index contributed by atoms with van der Waals surface area (Å²) in [7, 11) is 0. The second kappa shape index (κ2) is 6.36. The first-order chi connectivity index (χ1) is 11.1. The van der Waals surface area contributed by atoms with Gasteiger partial charge in [0.2, 0.25) is 5.91 Å². The molecule has 2 aromatic carbocycles. The van der Waals surface area contributed by atoms with Crippen LogP contribution in [-0.2, 0) is 11.2 Å². The molecule has 0 saturated heterocycles. The number of carbonyl (C=O) groups excluding carboxylic acids is 1. The highest BCUT2D eigenvalue weighted by atomic mass is 19.2. The normalized spacial score (nSPS) is 16.9. The number of amides is 1. The van der Waals surface area contributed by atoms with Crippen LogP contribution in [0.4, 0.5) is 20.2 Å². The summed E-state index contributed by atoms with van der Waals surface area (Å²) in [5.41, 5.74) is 2.05. The van der Waals surface area contributed by atoms with Gasteiger partial charge in [-0.3, -0.25) is 4.79 Å². The minimum atomic E-state index is -0.944. The van der Waals surface area contributed by atoms with Crippen molar-refractivity contribution in [3.05, 3.63) is 59.7 Å². The Morgan fingerprint density at radius 3 is 2.57 bits per heavy atom. The predicted octanol–water partition coefficient (Wildman–Crippen LogP) is 3.74. The Labute approximate surface area is 133 Å². The monoisotopic (exact) mass is 316 g/mol. The van der Waals surface area contributed by atoms with Crippen LogP contribution in [0.15, 0.2) is 42.5 Å². The second-order valence-electron chi connectivity index (χ2n) is 5.73. The molecule has 2 aromatic rings. The molecule has 0 saturated carbocycles. The number of anilines is 2. The standard InChI is InChI=1S/C18H18F2N2O/c1-12-18(23)22(9-5-8-13-6-3-2-4-7-13)17-11-15(20)14(19)10-16(17)21-12/h2-4,6-7,10-12,21H,5,8-9H2,1H3. The molecule has 1 N–H and O–H groups in total. The molecule has 0 aliphatic carbocycles. The second-order valence-corrected chi connectivity index (χ2v) is 5.73. The summed E-state index contributed by atoms with van der Waals surface area (Å²) in [6.45, 7) is 2.19. The highest BCUT2D eigenvalue weighted by Gasteiger charge is 2.30. The van der Waals surface area contributed by atoms with Gasteiger partial charge in [0.05, 0.1) is 11.4 Å². The Hall–Kier alpha value is -2.43. The number of carbonyl (C=O) groups is 1. The molecule has 0 radical (unpaired) electrons. The number of aryl methyl sites for hydroxylation is 1. The molecule has 0 aromatic heterocycles. The topological polar surface area (TPSA) is 32.3 Å². The number of hydrogen-bond acceptors (Lipinski definition) is 2. The van der Waals surface area contributed by atoms with Crippen LogP contribution in [0.3, 0.4) is 0 Å². The van der Waals surface area contributed by atoms with Crippen molar-refractivity contribution < 1.29 is 13.6 Å². The number of hydrogen-bond donors (Lipinski definition) is 1. The molecule has 1 aliphatic heterocycles. The maximum Gasteiger partial charge on any atom is 0.249 e. The average Bonchev–Trinajstić information content (AvgIpc) is 2.54. The van der Waals surface area contributed by atoms with Crippen LogP contribution in [0, 0.1) is 11.6 Å². The number of fused-ring (bicyclic) bond motifs is 1. The van der Waals surface area contributed by atoms with Gasteiger partial charge in [-0.25, -0.2) is 8.78 Å². The van der Waals surface area contributed by atoms with Gasteiger partial charge in [-0.2, -0.15) is 0 Å². The van der Waals surface area contributed by atoms with Crippen molar-refractivity contribution >= 4 is 17.3 Å². The zero-order valence-electron chi connectivity index (χ0n) is 12.9. The first-order valence-corrected chi connectivity index (χ1v) is 7.67. The van der Waals surface area contributed by atoms with E-state index >= 15 is 0 Å². The maximum absolute atomic E-state index is 13.6. The third-order valence-electron chi connectivity index (χ3n) is 4.03. The van der Waals surface area contributed by atoms with Gasteiger partial charge in [-0.15, -0.1) is 0 Å². The molecule has 3 rings (SSSR count). The molecule has 0 bridgehead atoms. The SMILES string of the molecule is CC1Nc2cc(F)c(F)cc2N(CCCc2ccccc2)C1=O. The van der Waals surface area contributed by atoms with Crippen LogP contribution < -0.4 is 10.2 Å². The smallest absolute Gasteiger partial charge is 0.249 e. The lowest BCUT2D eigenvalue weighted by Crippen LogP contribution is -2.46. The van der Waals surface area contributed by atoms with Gasteiger partial charge in [0.1, 0.15) is 6.04 Å². The third kappa shape index (κ3) is 3.18. The van der Waals surface area contributed by atoms with Crippen molar-refractivity contribution in [2.45, 2.75) is 25.8 Å². The molecule has 0 fully saturated rings. The lowest BCUT2D eigenvalue weighted by Gasteiger charge is -2.34. The molecule has 1 aliphatic rings. The first-order valence-electron chi connectivity index (χ1n) is 7.67. The molecular weight excluding hydrogens is 298 g/mol. The number of nitrogens with zero attached hydrogens (tertiary/aromatic N) is 1. The van der Waals surface area contributed by atoms with E-state index in [1.807, 2.05) is 30.3 Å². The van der Waals surface area contributed by atoms with Crippen molar-refractivity contribution in [2.75, 3.05) is 16.8 Å². The van der Waals surface area contributed by atoms with E-state index in [4.69, 9.17) is 0 Å². The van der Waals surface area contributed by atoms with Crippen LogP contribution in [0.1, 0.15) is 18.9 Å². The fraction of sp³-hybridized carbons (Fsp3) is 0.278. The van der Waals surface area contributed by atoms with Crippen molar-refractivity contribution in [2.24, 2.45) is 0 Å². The summed E-state index contributed by atoms with van der Waals surface area (Å²) in [6, 6.07) is 11.7. The van der Waals surface area contributed by atoms with Crippen LogP contribution in [-0.4, -0.2) is 18.5 Å². The molecule has 3 nitrogen and oxygen atoms in total. The van der Waals surface area contributed by atoms with E-state index in [2.05, 4.69) is 5.32 Å². The zero-order chi connectivity index (χ0) is 16.4. The van der Waals surface area contributed by atoms with Gasteiger partial charge in [0.25, 0.3) is 0 Å². The summed E-state index contributed by atoms with van der Waals surface area (Å²) in [5.74, 6) is -1.99. The fourth-order valence-electron chi connectivity index (χ4n) is 2.84. The molecule has 1 amide bonds. The Kier molecular flexibility index (Phi) is 4.28. The van der Waals surface area contributed by atoms with Crippen molar-refractivity contribution in [1.29, 1.82) is 0 Å². The van der Waals surface area contributed by atoms with Gasteiger partial charge in [-0.05, 0) is 25.3 Å². The zero-order valence-corrected chi connectivity index (χ0v) is 12.9. The Morgan fingerprint density at radius 1 is 1.13 bits per heavy atom. The number of rotatable bonds is 4. The van der Waals surface area contributed by atoms with Crippen molar-refractivity contribution in [3.63, 3.8) is 0 Å². The Bertz CT molecular complexity index is 718.